The topological polar surface area (TPSA) is 82.9 Å². The van der Waals surface area contributed by atoms with E-state index in [1.165, 1.54) is 11.3 Å². The van der Waals surface area contributed by atoms with Gasteiger partial charge >= 0.3 is 0 Å². The molecule has 23 heavy (non-hydrogen) atoms. The monoisotopic (exact) mass is 327 g/mol. The van der Waals surface area contributed by atoms with Crippen molar-refractivity contribution in [1.29, 1.82) is 5.26 Å². The van der Waals surface area contributed by atoms with E-state index in [9.17, 15) is 14.9 Å². The van der Waals surface area contributed by atoms with Crippen LogP contribution in [0.15, 0.2) is 29.6 Å². The van der Waals surface area contributed by atoms with Crippen LogP contribution in [0.4, 0.5) is 0 Å². The lowest BCUT2D eigenvalue weighted by Crippen LogP contribution is -2.35. The molecule has 0 unspecified atom stereocenters. The van der Waals surface area contributed by atoms with Crippen LogP contribution in [0, 0.1) is 24.2 Å². The van der Waals surface area contributed by atoms with E-state index < -0.39 is 17.6 Å². The Morgan fingerprint density at radius 3 is 2.83 bits per heavy atom. The SMILES string of the molecule is CCCNC(=O)[C@@H](C#N)C(=O)c1cccc(-c2csc(C)n2)c1. The quantitative estimate of drug-likeness (QED) is 0.653. The lowest BCUT2D eigenvalue weighted by Gasteiger charge is -2.09. The molecule has 1 aromatic carbocycles. The number of carbonyl (C=O) groups excluding carboxylic acids is 2. The molecular weight excluding hydrogens is 310 g/mol. The highest BCUT2D eigenvalue weighted by atomic mass is 32.1. The maximum Gasteiger partial charge on any atom is 0.245 e. The zero-order valence-corrected chi connectivity index (χ0v) is 13.8. The normalized spacial score (nSPS) is 11.5. The van der Waals surface area contributed by atoms with Crippen LogP contribution >= 0.6 is 11.3 Å². The number of hydrogen-bond acceptors (Lipinski definition) is 5. The van der Waals surface area contributed by atoms with Gasteiger partial charge in [-0.15, -0.1) is 11.3 Å². The molecule has 0 aliphatic rings. The van der Waals surface area contributed by atoms with Gasteiger partial charge in [0.05, 0.1) is 16.8 Å². The Kier molecular flexibility index (Phi) is 5.61. The average Bonchev–Trinajstić information content (AvgIpc) is 3.00. The molecule has 2 aromatic rings. The molecule has 2 rings (SSSR count). The van der Waals surface area contributed by atoms with E-state index in [0.29, 0.717) is 12.1 Å². The highest BCUT2D eigenvalue weighted by Gasteiger charge is 2.27. The van der Waals surface area contributed by atoms with Crippen molar-refractivity contribution < 1.29 is 9.59 Å². The Morgan fingerprint density at radius 2 is 2.22 bits per heavy atom. The Bertz CT molecular complexity index is 761. The molecule has 0 saturated heterocycles. The summed E-state index contributed by atoms with van der Waals surface area (Å²) in [5, 5.41) is 14.6. The summed E-state index contributed by atoms with van der Waals surface area (Å²) in [4.78, 5) is 28.8. The number of benzene rings is 1. The van der Waals surface area contributed by atoms with Crippen LogP contribution in [0.5, 0.6) is 0 Å². The number of Topliss-reactive ketones (excluding diaryl/α,β-unsaturated/α-hetero) is 1. The number of thiazole rings is 1. The summed E-state index contributed by atoms with van der Waals surface area (Å²) in [6.07, 6.45) is 0.747. The van der Waals surface area contributed by atoms with Gasteiger partial charge < -0.3 is 5.32 Å². The summed E-state index contributed by atoms with van der Waals surface area (Å²) in [6, 6.07) is 8.67. The van der Waals surface area contributed by atoms with Crippen molar-refractivity contribution in [3.8, 4) is 17.3 Å². The van der Waals surface area contributed by atoms with Crippen LogP contribution in [0.25, 0.3) is 11.3 Å². The molecule has 1 N–H and O–H groups in total. The molecule has 6 heteroatoms. The van der Waals surface area contributed by atoms with E-state index in [1.807, 2.05) is 25.3 Å². The predicted octanol–water partition coefficient (Wildman–Crippen LogP) is 2.97. The van der Waals surface area contributed by atoms with E-state index in [0.717, 1.165) is 22.7 Å². The summed E-state index contributed by atoms with van der Waals surface area (Å²) in [6.45, 7) is 4.26. The first-order chi connectivity index (χ1) is 11.1. The second kappa shape index (κ2) is 7.65. The minimum atomic E-state index is -1.33. The Morgan fingerprint density at radius 1 is 1.43 bits per heavy atom. The third kappa shape index (κ3) is 4.02. The number of aryl methyl sites for hydroxylation is 1. The van der Waals surface area contributed by atoms with Crippen molar-refractivity contribution in [2.45, 2.75) is 20.3 Å². The maximum atomic E-state index is 12.5. The third-order valence-electron chi connectivity index (χ3n) is 3.26. The lowest BCUT2D eigenvalue weighted by atomic mass is 9.96. The van der Waals surface area contributed by atoms with Crippen LogP contribution in [-0.2, 0) is 4.79 Å². The number of rotatable bonds is 6. The smallest absolute Gasteiger partial charge is 0.245 e. The van der Waals surface area contributed by atoms with Crippen molar-refractivity contribution in [1.82, 2.24) is 10.3 Å². The van der Waals surface area contributed by atoms with Crippen molar-refractivity contribution in [2.24, 2.45) is 5.92 Å². The average molecular weight is 327 g/mol. The predicted molar refractivity (Wildman–Crippen MR) is 89.0 cm³/mol. The summed E-state index contributed by atoms with van der Waals surface area (Å²) < 4.78 is 0. The standard InChI is InChI=1S/C17H17N3O2S/c1-3-7-19-17(22)14(9-18)16(21)13-6-4-5-12(8-13)15-10-23-11(2)20-15/h4-6,8,10,14H,3,7H2,1-2H3,(H,19,22)/t14-/m0/s1. The van der Waals surface area contributed by atoms with E-state index >= 15 is 0 Å². The minimum absolute atomic E-state index is 0.339. The molecule has 1 atom stereocenters. The van der Waals surface area contributed by atoms with Gasteiger partial charge in [0, 0.05) is 23.1 Å². The van der Waals surface area contributed by atoms with Gasteiger partial charge in [0.2, 0.25) is 5.91 Å². The number of aromatic nitrogens is 1. The molecule has 0 bridgehead atoms. The zero-order valence-electron chi connectivity index (χ0n) is 13.0. The van der Waals surface area contributed by atoms with Crippen molar-refractivity contribution >= 4 is 23.0 Å². The second-order valence-electron chi connectivity index (χ2n) is 5.05. The summed E-state index contributed by atoms with van der Waals surface area (Å²) >= 11 is 1.53. The van der Waals surface area contributed by atoms with Gasteiger partial charge in [-0.2, -0.15) is 5.26 Å². The molecule has 0 aliphatic carbocycles. The van der Waals surface area contributed by atoms with Gasteiger partial charge in [-0.05, 0) is 19.4 Å². The maximum absolute atomic E-state index is 12.5. The molecule has 1 amide bonds. The fourth-order valence-corrected chi connectivity index (χ4v) is 2.70. The summed E-state index contributed by atoms with van der Waals surface area (Å²) in [5.41, 5.74) is 1.92. The molecule has 1 aromatic heterocycles. The Labute approximate surface area is 139 Å². The van der Waals surface area contributed by atoms with Gasteiger partial charge in [-0.3, -0.25) is 9.59 Å². The number of nitriles is 1. The Balaban J connectivity index is 2.25. The Hall–Kier alpha value is -2.52. The molecule has 0 saturated carbocycles. The molecule has 0 radical (unpaired) electrons. The van der Waals surface area contributed by atoms with Crippen LogP contribution in [-0.4, -0.2) is 23.2 Å². The van der Waals surface area contributed by atoms with Crippen molar-refractivity contribution in [3.63, 3.8) is 0 Å². The number of nitrogens with one attached hydrogen (secondary N) is 1. The van der Waals surface area contributed by atoms with Crippen LogP contribution in [0.3, 0.4) is 0 Å². The van der Waals surface area contributed by atoms with Gasteiger partial charge in [0.15, 0.2) is 11.7 Å². The number of carbonyl (C=O) groups is 2. The summed E-state index contributed by atoms with van der Waals surface area (Å²) in [5.74, 6) is -2.36. The van der Waals surface area contributed by atoms with E-state index in [-0.39, 0.29) is 0 Å². The molecule has 0 spiro atoms. The van der Waals surface area contributed by atoms with Gasteiger partial charge in [-0.25, -0.2) is 4.98 Å². The molecule has 118 valence electrons. The molecule has 5 nitrogen and oxygen atoms in total. The second-order valence-corrected chi connectivity index (χ2v) is 6.11. The molecular formula is C17H17N3O2S. The van der Waals surface area contributed by atoms with Crippen LogP contribution in [0.2, 0.25) is 0 Å². The first-order valence-corrected chi connectivity index (χ1v) is 8.19. The zero-order chi connectivity index (χ0) is 16.8. The van der Waals surface area contributed by atoms with Crippen LogP contribution in [0.1, 0.15) is 28.7 Å². The first-order valence-electron chi connectivity index (χ1n) is 7.31. The summed E-state index contributed by atoms with van der Waals surface area (Å²) in [7, 11) is 0. The van der Waals surface area contributed by atoms with Crippen molar-refractivity contribution in [3.05, 3.63) is 40.2 Å². The molecule has 0 fully saturated rings. The number of amides is 1. The number of ketones is 1. The van der Waals surface area contributed by atoms with Gasteiger partial charge in [-0.1, -0.05) is 25.1 Å². The van der Waals surface area contributed by atoms with E-state index in [2.05, 4.69) is 10.3 Å². The van der Waals surface area contributed by atoms with Crippen molar-refractivity contribution in [2.75, 3.05) is 6.54 Å². The number of nitrogens with zero attached hydrogens (tertiary/aromatic N) is 2. The lowest BCUT2D eigenvalue weighted by molar-refractivity contribution is -0.122. The highest BCUT2D eigenvalue weighted by Crippen LogP contribution is 2.23. The highest BCUT2D eigenvalue weighted by molar-refractivity contribution is 7.09. The van der Waals surface area contributed by atoms with E-state index in [4.69, 9.17) is 0 Å². The largest absolute Gasteiger partial charge is 0.355 e. The minimum Gasteiger partial charge on any atom is -0.355 e. The fourth-order valence-electron chi connectivity index (χ4n) is 2.08. The van der Waals surface area contributed by atoms with Gasteiger partial charge in [0.1, 0.15) is 0 Å². The first kappa shape index (κ1) is 16.8. The van der Waals surface area contributed by atoms with E-state index in [1.54, 1.807) is 24.3 Å². The fraction of sp³-hybridized carbons (Fsp3) is 0.294. The van der Waals surface area contributed by atoms with Crippen LogP contribution < -0.4 is 5.32 Å². The molecule has 0 aliphatic heterocycles. The number of hydrogen-bond donors (Lipinski definition) is 1. The third-order valence-corrected chi connectivity index (χ3v) is 4.04. The van der Waals surface area contributed by atoms with Gasteiger partial charge in [0.25, 0.3) is 0 Å². The molecule has 1 heterocycles.